The molecule has 0 radical (unpaired) electrons. The summed E-state index contributed by atoms with van der Waals surface area (Å²) in [6.07, 6.45) is 1.97. The monoisotopic (exact) mass is 331 g/mol. The van der Waals surface area contributed by atoms with Crippen molar-refractivity contribution < 1.29 is 23.9 Å². The number of carbonyl (C=O) groups excluding carboxylic acids is 2. The molecule has 0 bridgehead atoms. The molecule has 128 valence electrons. The van der Waals surface area contributed by atoms with Gasteiger partial charge in [-0.05, 0) is 19.8 Å². The Kier molecular flexibility index (Phi) is 3.44. The van der Waals surface area contributed by atoms with Crippen LogP contribution in [-0.2, 0) is 29.6 Å². The second-order valence-electron chi connectivity index (χ2n) is 6.65. The smallest absolute Gasteiger partial charge is 0.329 e. The minimum absolute atomic E-state index is 0.114. The van der Waals surface area contributed by atoms with Crippen LogP contribution in [0.5, 0.6) is 0 Å². The van der Waals surface area contributed by atoms with Gasteiger partial charge in [-0.3, -0.25) is 9.63 Å². The van der Waals surface area contributed by atoms with Gasteiger partial charge in [-0.2, -0.15) is 0 Å². The lowest BCUT2D eigenvalue weighted by Gasteiger charge is -2.27. The number of ether oxygens (including phenoxy) is 2. The van der Waals surface area contributed by atoms with Crippen molar-refractivity contribution >= 4 is 11.9 Å². The summed E-state index contributed by atoms with van der Waals surface area (Å²) < 4.78 is 10.2. The molecular weight excluding hydrogens is 310 g/mol. The van der Waals surface area contributed by atoms with Gasteiger partial charge in [-0.25, -0.2) is 4.79 Å². The minimum Gasteiger partial charge on any atom is -0.469 e. The molecule has 2 unspecified atom stereocenters. The van der Waals surface area contributed by atoms with E-state index in [2.05, 4.69) is 0 Å². The number of hydrogen-bond acceptors (Lipinski definition) is 6. The topological polar surface area (TPSA) is 68.1 Å². The summed E-state index contributed by atoms with van der Waals surface area (Å²) in [6, 6.07) is 9.89. The molecule has 2 heterocycles. The van der Waals surface area contributed by atoms with Crippen LogP contribution in [-0.4, -0.2) is 36.3 Å². The van der Waals surface area contributed by atoms with E-state index >= 15 is 0 Å². The SMILES string of the molecule is CCOC(=O)[C@]1(C2C[C@H]2C(=O)OC)CC[C@@]2(c3ccccc3)ON21. The maximum atomic E-state index is 12.8. The Morgan fingerprint density at radius 1 is 1.29 bits per heavy atom. The minimum atomic E-state index is -0.884. The summed E-state index contributed by atoms with van der Waals surface area (Å²) in [6.45, 7) is 2.10. The Bertz CT molecular complexity index is 677. The van der Waals surface area contributed by atoms with Gasteiger partial charge in [0.2, 0.25) is 0 Å². The normalized spacial score (nSPS) is 39.0. The number of hydrogen-bond donors (Lipinski definition) is 0. The van der Waals surface area contributed by atoms with Gasteiger partial charge >= 0.3 is 11.9 Å². The lowest BCUT2D eigenvalue weighted by atomic mass is 9.89. The van der Waals surface area contributed by atoms with E-state index in [4.69, 9.17) is 14.3 Å². The van der Waals surface area contributed by atoms with Crippen molar-refractivity contribution in [3.05, 3.63) is 35.9 Å². The molecule has 3 aliphatic rings. The molecule has 1 aromatic carbocycles. The highest BCUT2D eigenvalue weighted by molar-refractivity contribution is 5.86. The number of methoxy groups -OCH3 is 1. The number of nitrogens with zero attached hydrogens (tertiary/aromatic N) is 1. The van der Waals surface area contributed by atoms with Gasteiger partial charge in [-0.1, -0.05) is 30.3 Å². The lowest BCUT2D eigenvalue weighted by molar-refractivity contribution is -0.161. The summed E-state index contributed by atoms with van der Waals surface area (Å²) in [5.74, 6) is -0.924. The standard InChI is InChI=1S/C18H21NO5/c1-3-23-16(21)17(14-11-13(14)15(20)22-2)9-10-18(19(17)24-18)12-7-5-4-6-8-12/h4-8,13-14H,3,9-11H2,1-2H3/t13-,14?,17-,18+,19?/m1/s1. The first-order chi connectivity index (χ1) is 11.6. The van der Waals surface area contributed by atoms with Crippen LogP contribution in [0.3, 0.4) is 0 Å². The van der Waals surface area contributed by atoms with Gasteiger partial charge in [0, 0.05) is 17.9 Å². The second kappa shape index (κ2) is 5.29. The first-order valence-corrected chi connectivity index (χ1v) is 8.40. The average Bonchev–Trinajstić information content (AvgIpc) is 3.53. The zero-order valence-electron chi connectivity index (χ0n) is 13.9. The summed E-state index contributed by atoms with van der Waals surface area (Å²) >= 11 is 0. The first-order valence-electron chi connectivity index (χ1n) is 8.40. The molecule has 1 aliphatic carbocycles. The van der Waals surface area contributed by atoms with E-state index in [1.165, 1.54) is 7.11 Å². The van der Waals surface area contributed by atoms with Crippen molar-refractivity contribution in [2.45, 2.75) is 37.5 Å². The highest BCUT2D eigenvalue weighted by Crippen LogP contribution is 2.67. The van der Waals surface area contributed by atoms with Crippen LogP contribution in [0.2, 0.25) is 0 Å². The molecule has 0 spiro atoms. The molecule has 0 amide bonds. The third-order valence-electron chi connectivity index (χ3n) is 5.51. The van der Waals surface area contributed by atoms with Gasteiger partial charge in [0.15, 0.2) is 11.3 Å². The highest BCUT2D eigenvalue weighted by Gasteiger charge is 2.79. The number of hydroxylamine groups is 2. The molecule has 5 atom stereocenters. The molecule has 2 aliphatic heterocycles. The van der Waals surface area contributed by atoms with E-state index in [1.54, 1.807) is 12.0 Å². The Morgan fingerprint density at radius 2 is 2.04 bits per heavy atom. The molecular formula is C18H21NO5. The molecule has 0 aromatic heterocycles. The quantitative estimate of drug-likeness (QED) is 0.607. The molecule has 4 rings (SSSR count). The molecule has 24 heavy (non-hydrogen) atoms. The van der Waals surface area contributed by atoms with E-state index < -0.39 is 11.3 Å². The number of esters is 2. The fourth-order valence-electron chi connectivity index (χ4n) is 4.22. The second-order valence-corrected chi connectivity index (χ2v) is 6.65. The maximum Gasteiger partial charge on any atom is 0.329 e. The van der Waals surface area contributed by atoms with Crippen molar-refractivity contribution in [1.29, 1.82) is 0 Å². The van der Waals surface area contributed by atoms with Crippen LogP contribution in [0.25, 0.3) is 0 Å². The van der Waals surface area contributed by atoms with Crippen LogP contribution in [0, 0.1) is 11.8 Å². The highest BCUT2D eigenvalue weighted by atomic mass is 16.9. The van der Waals surface area contributed by atoms with Crippen molar-refractivity contribution in [1.82, 2.24) is 5.06 Å². The largest absolute Gasteiger partial charge is 0.469 e. The fourth-order valence-corrected chi connectivity index (χ4v) is 4.22. The lowest BCUT2D eigenvalue weighted by Crippen LogP contribution is -2.48. The van der Waals surface area contributed by atoms with Crippen molar-refractivity contribution in [2.24, 2.45) is 11.8 Å². The summed E-state index contributed by atoms with van der Waals surface area (Å²) in [5, 5.41) is 1.78. The van der Waals surface area contributed by atoms with Crippen molar-refractivity contribution in [3.8, 4) is 0 Å². The fraction of sp³-hybridized carbons (Fsp3) is 0.556. The van der Waals surface area contributed by atoms with Crippen LogP contribution < -0.4 is 0 Å². The molecule has 0 N–H and O–H groups in total. The van der Waals surface area contributed by atoms with E-state index in [0.717, 1.165) is 5.56 Å². The van der Waals surface area contributed by atoms with Crippen molar-refractivity contribution in [3.63, 3.8) is 0 Å². The Balaban J connectivity index is 1.65. The Hall–Kier alpha value is -1.92. The van der Waals surface area contributed by atoms with E-state index in [1.807, 2.05) is 30.3 Å². The number of carbonyl (C=O) groups is 2. The summed E-state index contributed by atoms with van der Waals surface area (Å²) in [5.41, 5.74) is -0.409. The van der Waals surface area contributed by atoms with Crippen LogP contribution in [0.15, 0.2) is 30.3 Å². The number of benzene rings is 1. The average molecular weight is 331 g/mol. The molecule has 3 fully saturated rings. The zero-order valence-corrected chi connectivity index (χ0v) is 13.9. The number of rotatable bonds is 5. The Labute approximate surface area is 140 Å². The molecule has 2 saturated heterocycles. The van der Waals surface area contributed by atoms with Crippen LogP contribution >= 0.6 is 0 Å². The molecule has 1 saturated carbocycles. The summed E-state index contributed by atoms with van der Waals surface area (Å²) in [4.78, 5) is 30.7. The molecule has 6 heteroatoms. The van der Waals surface area contributed by atoms with Crippen molar-refractivity contribution in [2.75, 3.05) is 13.7 Å². The van der Waals surface area contributed by atoms with E-state index in [0.29, 0.717) is 25.9 Å². The predicted molar refractivity (Wildman–Crippen MR) is 83.3 cm³/mol. The van der Waals surface area contributed by atoms with Crippen LogP contribution in [0.1, 0.15) is 31.7 Å². The number of fused-ring (bicyclic) bond motifs is 1. The van der Waals surface area contributed by atoms with Gasteiger partial charge in [-0.15, -0.1) is 5.06 Å². The predicted octanol–water partition coefficient (Wildman–Crippen LogP) is 1.99. The van der Waals surface area contributed by atoms with Crippen LogP contribution in [0.4, 0.5) is 0 Å². The zero-order chi connectivity index (χ0) is 16.9. The molecule has 1 aromatic rings. The Morgan fingerprint density at radius 3 is 2.67 bits per heavy atom. The van der Waals surface area contributed by atoms with Gasteiger partial charge in [0.05, 0.1) is 19.6 Å². The maximum absolute atomic E-state index is 12.8. The van der Waals surface area contributed by atoms with E-state index in [-0.39, 0.29) is 23.8 Å². The van der Waals surface area contributed by atoms with Gasteiger partial charge < -0.3 is 9.47 Å². The van der Waals surface area contributed by atoms with Gasteiger partial charge in [0.25, 0.3) is 0 Å². The van der Waals surface area contributed by atoms with E-state index in [9.17, 15) is 9.59 Å². The molecule has 6 nitrogen and oxygen atoms in total. The first kappa shape index (κ1) is 15.6. The third-order valence-corrected chi connectivity index (χ3v) is 5.51. The summed E-state index contributed by atoms with van der Waals surface area (Å²) in [7, 11) is 1.38. The van der Waals surface area contributed by atoms with Gasteiger partial charge in [0.1, 0.15) is 0 Å². The third kappa shape index (κ3) is 1.96.